The molecule has 3 N–H and O–H groups in total. The molecule has 1 heterocycles. The van der Waals surface area contributed by atoms with E-state index in [4.69, 9.17) is 5.11 Å². The first-order valence-electron chi connectivity index (χ1n) is 7.04. The molecule has 1 fully saturated rings. The monoisotopic (exact) mass is 292 g/mol. The van der Waals surface area contributed by atoms with E-state index in [0.717, 1.165) is 5.56 Å². The van der Waals surface area contributed by atoms with Gasteiger partial charge < -0.3 is 20.4 Å². The summed E-state index contributed by atoms with van der Waals surface area (Å²) in [5, 5.41) is 21.3. The first-order valence-corrected chi connectivity index (χ1v) is 7.04. The summed E-state index contributed by atoms with van der Waals surface area (Å²) in [5.74, 6) is -1.19. The molecule has 2 amide bonds. The number of nitrogens with one attached hydrogen (secondary N) is 1. The van der Waals surface area contributed by atoms with E-state index in [0.29, 0.717) is 19.4 Å². The Kier molecular flexibility index (Phi) is 4.67. The van der Waals surface area contributed by atoms with Gasteiger partial charge in [-0.1, -0.05) is 12.1 Å². The van der Waals surface area contributed by atoms with E-state index in [-0.39, 0.29) is 24.4 Å². The number of carbonyl (C=O) groups is 2. The van der Waals surface area contributed by atoms with Gasteiger partial charge in [-0.05, 0) is 37.5 Å². The van der Waals surface area contributed by atoms with Gasteiger partial charge in [-0.2, -0.15) is 0 Å². The van der Waals surface area contributed by atoms with Gasteiger partial charge in [-0.25, -0.2) is 4.79 Å². The van der Waals surface area contributed by atoms with Crippen molar-refractivity contribution in [3.8, 4) is 5.75 Å². The molecule has 21 heavy (non-hydrogen) atoms. The van der Waals surface area contributed by atoms with E-state index in [1.807, 2.05) is 13.0 Å². The molecule has 1 unspecified atom stereocenters. The van der Waals surface area contributed by atoms with Crippen LogP contribution in [-0.2, 0) is 4.79 Å². The fraction of sp³-hybridized carbons (Fsp3) is 0.467. The van der Waals surface area contributed by atoms with Crippen molar-refractivity contribution in [2.45, 2.75) is 25.8 Å². The maximum atomic E-state index is 12.2. The molecule has 1 aliphatic rings. The fourth-order valence-electron chi connectivity index (χ4n) is 2.52. The molecule has 6 nitrogen and oxygen atoms in total. The van der Waals surface area contributed by atoms with Crippen LogP contribution in [0, 0.1) is 5.92 Å². The molecule has 0 spiro atoms. The fourth-order valence-corrected chi connectivity index (χ4v) is 2.52. The zero-order chi connectivity index (χ0) is 15.4. The second-order valence-electron chi connectivity index (χ2n) is 5.39. The number of likely N-dealkylation sites (tertiary alicyclic amines) is 1. The molecule has 0 saturated carbocycles. The number of amides is 2. The van der Waals surface area contributed by atoms with Crippen molar-refractivity contribution < 1.29 is 19.8 Å². The molecule has 6 heteroatoms. The Balaban J connectivity index is 1.96. The predicted octanol–water partition coefficient (Wildman–Crippen LogP) is 1.96. The van der Waals surface area contributed by atoms with Crippen LogP contribution in [0.1, 0.15) is 31.4 Å². The molecule has 0 bridgehead atoms. The molecule has 1 saturated heterocycles. The minimum Gasteiger partial charge on any atom is -0.508 e. The van der Waals surface area contributed by atoms with Crippen LogP contribution < -0.4 is 5.32 Å². The Morgan fingerprint density at radius 2 is 2.19 bits per heavy atom. The highest BCUT2D eigenvalue weighted by Gasteiger charge is 2.28. The van der Waals surface area contributed by atoms with Crippen molar-refractivity contribution in [1.82, 2.24) is 10.2 Å². The molecule has 114 valence electrons. The lowest BCUT2D eigenvalue weighted by atomic mass is 9.98. The molecule has 1 aromatic carbocycles. The highest BCUT2D eigenvalue weighted by molar-refractivity contribution is 5.77. The smallest absolute Gasteiger partial charge is 0.317 e. The van der Waals surface area contributed by atoms with Crippen molar-refractivity contribution in [2.75, 3.05) is 13.1 Å². The zero-order valence-electron chi connectivity index (χ0n) is 12.0. The molecule has 1 aromatic rings. The largest absolute Gasteiger partial charge is 0.508 e. The van der Waals surface area contributed by atoms with Gasteiger partial charge in [-0.3, -0.25) is 4.79 Å². The third kappa shape index (κ3) is 3.87. The van der Waals surface area contributed by atoms with Gasteiger partial charge in [0.15, 0.2) is 0 Å². The number of rotatable bonds is 3. The van der Waals surface area contributed by atoms with Crippen LogP contribution in [0.3, 0.4) is 0 Å². The summed E-state index contributed by atoms with van der Waals surface area (Å²) in [6, 6.07) is 6.18. The van der Waals surface area contributed by atoms with Crippen molar-refractivity contribution >= 4 is 12.0 Å². The second-order valence-corrected chi connectivity index (χ2v) is 5.39. The van der Waals surface area contributed by atoms with Gasteiger partial charge in [0.25, 0.3) is 0 Å². The lowest BCUT2D eigenvalue weighted by molar-refractivity contribution is -0.143. The number of carboxylic acids is 1. The molecular formula is C15H20N2O4. The van der Waals surface area contributed by atoms with E-state index in [2.05, 4.69) is 5.32 Å². The summed E-state index contributed by atoms with van der Waals surface area (Å²) in [4.78, 5) is 24.8. The number of carboxylic acid groups (broad SMARTS) is 1. The van der Waals surface area contributed by atoms with Crippen molar-refractivity contribution in [3.63, 3.8) is 0 Å². The van der Waals surface area contributed by atoms with Crippen LogP contribution in [0.4, 0.5) is 4.79 Å². The number of nitrogens with zero attached hydrogens (tertiary/aromatic N) is 1. The summed E-state index contributed by atoms with van der Waals surface area (Å²) in [5.41, 5.74) is 0.801. The number of carbonyl (C=O) groups excluding carboxylic acids is 1. The summed E-state index contributed by atoms with van der Waals surface area (Å²) in [6.07, 6.45) is 1.31. The first kappa shape index (κ1) is 15.2. The molecule has 1 aliphatic heterocycles. The van der Waals surface area contributed by atoms with Crippen LogP contribution in [-0.4, -0.2) is 40.2 Å². The third-order valence-electron chi connectivity index (χ3n) is 3.77. The minimum atomic E-state index is -0.853. The number of piperidine rings is 1. The standard InChI is InChI=1S/C15H20N2O4/c1-10(11-4-2-6-13(18)8-11)16-15(21)17-7-3-5-12(9-17)14(19)20/h2,4,6,8,10,12,18H,3,5,7,9H2,1H3,(H,16,21)(H,19,20)/t10-,12?/m0/s1. The molecule has 2 atom stereocenters. The van der Waals surface area contributed by atoms with Gasteiger partial charge in [0.05, 0.1) is 12.0 Å². The maximum Gasteiger partial charge on any atom is 0.317 e. The van der Waals surface area contributed by atoms with E-state index in [1.54, 1.807) is 23.1 Å². The van der Waals surface area contributed by atoms with Crippen LogP contribution in [0.15, 0.2) is 24.3 Å². The van der Waals surface area contributed by atoms with Crippen molar-refractivity contribution in [3.05, 3.63) is 29.8 Å². The van der Waals surface area contributed by atoms with Gasteiger partial charge in [0.1, 0.15) is 5.75 Å². The molecule has 0 aromatic heterocycles. The van der Waals surface area contributed by atoms with Crippen molar-refractivity contribution in [1.29, 1.82) is 0 Å². The highest BCUT2D eigenvalue weighted by atomic mass is 16.4. The number of benzene rings is 1. The predicted molar refractivity (Wildman–Crippen MR) is 77.0 cm³/mol. The number of phenolic OH excluding ortho intramolecular Hbond substituents is 1. The van der Waals surface area contributed by atoms with Gasteiger partial charge in [-0.15, -0.1) is 0 Å². The number of urea groups is 1. The summed E-state index contributed by atoms with van der Waals surface area (Å²) < 4.78 is 0. The van der Waals surface area contributed by atoms with Crippen LogP contribution in [0.5, 0.6) is 5.75 Å². The van der Waals surface area contributed by atoms with Crippen LogP contribution in [0.2, 0.25) is 0 Å². The van der Waals surface area contributed by atoms with Gasteiger partial charge in [0.2, 0.25) is 0 Å². The maximum absolute atomic E-state index is 12.2. The first-order chi connectivity index (χ1) is 9.97. The normalized spacial score (nSPS) is 19.9. The Labute approximate surface area is 123 Å². The molecule has 0 radical (unpaired) electrons. The SMILES string of the molecule is C[C@H](NC(=O)N1CCCC(C(=O)O)C1)c1cccc(O)c1. The van der Waals surface area contributed by atoms with E-state index < -0.39 is 11.9 Å². The Bertz CT molecular complexity index is 532. The lowest BCUT2D eigenvalue weighted by Crippen LogP contribution is -2.47. The molecule has 0 aliphatic carbocycles. The van der Waals surface area contributed by atoms with Gasteiger partial charge >= 0.3 is 12.0 Å². The number of phenols is 1. The lowest BCUT2D eigenvalue weighted by Gasteiger charge is -2.31. The zero-order valence-corrected chi connectivity index (χ0v) is 12.0. The highest BCUT2D eigenvalue weighted by Crippen LogP contribution is 2.20. The number of aromatic hydroxyl groups is 1. The minimum absolute atomic E-state index is 0.150. The molecular weight excluding hydrogens is 272 g/mol. The Morgan fingerprint density at radius 1 is 1.43 bits per heavy atom. The van der Waals surface area contributed by atoms with Gasteiger partial charge in [0, 0.05) is 13.1 Å². The van der Waals surface area contributed by atoms with Crippen molar-refractivity contribution in [2.24, 2.45) is 5.92 Å². The Morgan fingerprint density at radius 3 is 2.86 bits per heavy atom. The average Bonchev–Trinajstić information content (AvgIpc) is 2.47. The quantitative estimate of drug-likeness (QED) is 0.794. The van der Waals surface area contributed by atoms with E-state index in [1.165, 1.54) is 0 Å². The average molecular weight is 292 g/mol. The summed E-state index contributed by atoms with van der Waals surface area (Å²) in [6.45, 7) is 2.64. The topological polar surface area (TPSA) is 89.9 Å². The number of hydrogen-bond acceptors (Lipinski definition) is 3. The third-order valence-corrected chi connectivity index (χ3v) is 3.77. The van der Waals surface area contributed by atoms with E-state index >= 15 is 0 Å². The van der Waals surface area contributed by atoms with E-state index in [9.17, 15) is 14.7 Å². The van der Waals surface area contributed by atoms with Crippen LogP contribution >= 0.6 is 0 Å². The second kappa shape index (κ2) is 6.47. The number of aliphatic carboxylic acids is 1. The molecule has 2 rings (SSSR count). The van der Waals surface area contributed by atoms with Crippen LogP contribution in [0.25, 0.3) is 0 Å². The summed E-state index contributed by atoms with van der Waals surface area (Å²) in [7, 11) is 0. The number of hydrogen-bond donors (Lipinski definition) is 3. The Hall–Kier alpha value is -2.24. The summed E-state index contributed by atoms with van der Waals surface area (Å²) >= 11 is 0.